The van der Waals surface area contributed by atoms with Gasteiger partial charge < -0.3 is 4.90 Å². The number of nitrogens with zero attached hydrogens (tertiary/aromatic N) is 2. The molecule has 1 aromatic carbocycles. The SMILES string of the molecule is FC1(F)CCN(c2ccc3c(c2)CCN=C3)CC1. The molecule has 96 valence electrons. The average Bonchev–Trinajstić information content (AvgIpc) is 2.38. The van der Waals surface area contributed by atoms with Gasteiger partial charge in [-0.2, -0.15) is 0 Å². The van der Waals surface area contributed by atoms with Gasteiger partial charge in [-0.1, -0.05) is 6.07 Å². The maximum Gasteiger partial charge on any atom is 0.251 e. The molecule has 0 saturated carbocycles. The second kappa shape index (κ2) is 4.34. The minimum absolute atomic E-state index is 0.0362. The normalized spacial score (nSPS) is 21.8. The van der Waals surface area contributed by atoms with Crippen molar-refractivity contribution in [3.8, 4) is 0 Å². The first-order chi connectivity index (χ1) is 8.64. The predicted octanol–water partition coefficient (Wildman–Crippen LogP) is 2.90. The first-order valence-electron chi connectivity index (χ1n) is 6.40. The molecule has 0 radical (unpaired) electrons. The van der Waals surface area contributed by atoms with Crippen molar-refractivity contribution in [2.24, 2.45) is 4.99 Å². The fraction of sp³-hybridized carbons (Fsp3) is 0.500. The summed E-state index contributed by atoms with van der Waals surface area (Å²) in [7, 11) is 0. The molecule has 0 atom stereocenters. The van der Waals surface area contributed by atoms with Crippen LogP contribution in [0.5, 0.6) is 0 Å². The quantitative estimate of drug-likeness (QED) is 0.748. The number of piperidine rings is 1. The lowest BCUT2D eigenvalue weighted by Crippen LogP contribution is -2.39. The van der Waals surface area contributed by atoms with Gasteiger partial charge in [-0.3, -0.25) is 4.99 Å². The van der Waals surface area contributed by atoms with E-state index in [2.05, 4.69) is 16.0 Å². The third kappa shape index (κ3) is 2.24. The van der Waals surface area contributed by atoms with Gasteiger partial charge in [-0.25, -0.2) is 8.78 Å². The number of fused-ring (bicyclic) bond motifs is 1. The summed E-state index contributed by atoms with van der Waals surface area (Å²) >= 11 is 0. The van der Waals surface area contributed by atoms with Gasteiger partial charge in [0.25, 0.3) is 5.92 Å². The zero-order chi connectivity index (χ0) is 12.6. The molecule has 1 aromatic rings. The number of hydrogen-bond acceptors (Lipinski definition) is 2. The number of halogens is 2. The molecule has 2 aliphatic heterocycles. The van der Waals surface area contributed by atoms with E-state index in [1.54, 1.807) is 0 Å². The lowest BCUT2D eigenvalue weighted by molar-refractivity contribution is -0.0220. The van der Waals surface area contributed by atoms with Crippen LogP contribution in [-0.2, 0) is 6.42 Å². The maximum atomic E-state index is 13.1. The molecule has 4 heteroatoms. The molecule has 1 fully saturated rings. The first kappa shape index (κ1) is 11.6. The van der Waals surface area contributed by atoms with E-state index in [9.17, 15) is 8.78 Å². The summed E-state index contributed by atoms with van der Waals surface area (Å²) < 4.78 is 26.2. The van der Waals surface area contributed by atoms with Gasteiger partial charge in [0.15, 0.2) is 0 Å². The number of alkyl halides is 2. The molecule has 0 spiro atoms. The zero-order valence-electron chi connectivity index (χ0n) is 10.2. The largest absolute Gasteiger partial charge is 0.371 e. The van der Waals surface area contributed by atoms with E-state index in [4.69, 9.17) is 0 Å². The Balaban J connectivity index is 1.79. The van der Waals surface area contributed by atoms with E-state index < -0.39 is 5.92 Å². The van der Waals surface area contributed by atoms with E-state index in [0.717, 1.165) is 24.2 Å². The van der Waals surface area contributed by atoms with E-state index in [1.807, 2.05) is 18.3 Å². The van der Waals surface area contributed by atoms with Crippen LogP contribution in [0, 0.1) is 0 Å². The average molecular weight is 250 g/mol. The van der Waals surface area contributed by atoms with Gasteiger partial charge in [0.05, 0.1) is 0 Å². The third-order valence-electron chi connectivity index (χ3n) is 3.73. The summed E-state index contributed by atoms with van der Waals surface area (Å²) in [5.74, 6) is -2.47. The molecule has 2 nitrogen and oxygen atoms in total. The Labute approximate surface area is 105 Å². The lowest BCUT2D eigenvalue weighted by Gasteiger charge is -2.33. The Bertz CT molecular complexity index is 473. The zero-order valence-corrected chi connectivity index (χ0v) is 10.2. The van der Waals surface area contributed by atoms with Gasteiger partial charge in [-0.05, 0) is 29.7 Å². The molecule has 18 heavy (non-hydrogen) atoms. The number of hydrogen-bond donors (Lipinski definition) is 0. The van der Waals surface area contributed by atoms with Crippen molar-refractivity contribution in [2.45, 2.75) is 25.2 Å². The maximum absolute atomic E-state index is 13.1. The van der Waals surface area contributed by atoms with Crippen LogP contribution >= 0.6 is 0 Å². The van der Waals surface area contributed by atoms with Crippen LogP contribution in [0.2, 0.25) is 0 Å². The summed E-state index contributed by atoms with van der Waals surface area (Å²) in [4.78, 5) is 6.30. The number of benzene rings is 1. The summed E-state index contributed by atoms with van der Waals surface area (Å²) in [6.45, 7) is 1.72. The van der Waals surface area contributed by atoms with Gasteiger partial charge in [-0.15, -0.1) is 0 Å². The highest BCUT2D eigenvalue weighted by Crippen LogP contribution is 2.31. The first-order valence-corrected chi connectivity index (χ1v) is 6.40. The van der Waals surface area contributed by atoms with E-state index in [-0.39, 0.29) is 12.8 Å². The van der Waals surface area contributed by atoms with Crippen molar-refractivity contribution < 1.29 is 8.78 Å². The number of anilines is 1. The van der Waals surface area contributed by atoms with Crippen molar-refractivity contribution >= 4 is 11.9 Å². The fourth-order valence-electron chi connectivity index (χ4n) is 2.57. The second-order valence-corrected chi connectivity index (χ2v) is 5.01. The van der Waals surface area contributed by atoms with Crippen LogP contribution in [0.1, 0.15) is 24.0 Å². The van der Waals surface area contributed by atoms with Crippen molar-refractivity contribution in [2.75, 3.05) is 24.5 Å². The lowest BCUT2D eigenvalue weighted by atomic mass is 10.0. The van der Waals surface area contributed by atoms with Gasteiger partial charge in [0.2, 0.25) is 0 Å². The Hall–Kier alpha value is -1.45. The van der Waals surface area contributed by atoms with Crippen LogP contribution in [0.4, 0.5) is 14.5 Å². The molecule has 0 amide bonds. The smallest absolute Gasteiger partial charge is 0.251 e. The minimum atomic E-state index is -2.47. The molecule has 0 bridgehead atoms. The highest BCUT2D eigenvalue weighted by atomic mass is 19.3. The van der Waals surface area contributed by atoms with E-state index in [0.29, 0.717) is 13.1 Å². The Morgan fingerprint density at radius 2 is 1.94 bits per heavy atom. The topological polar surface area (TPSA) is 15.6 Å². The van der Waals surface area contributed by atoms with Gasteiger partial charge in [0, 0.05) is 44.4 Å². The third-order valence-corrected chi connectivity index (χ3v) is 3.73. The summed E-state index contributed by atoms with van der Waals surface area (Å²) in [6.07, 6.45) is 2.77. The summed E-state index contributed by atoms with van der Waals surface area (Å²) in [5.41, 5.74) is 3.51. The molecule has 0 N–H and O–H groups in total. The van der Waals surface area contributed by atoms with Crippen LogP contribution in [0.25, 0.3) is 0 Å². The van der Waals surface area contributed by atoms with Crippen molar-refractivity contribution in [3.63, 3.8) is 0 Å². The number of rotatable bonds is 1. The molecule has 3 rings (SSSR count). The molecule has 0 aliphatic carbocycles. The van der Waals surface area contributed by atoms with Crippen molar-refractivity contribution in [1.29, 1.82) is 0 Å². The Morgan fingerprint density at radius 1 is 1.17 bits per heavy atom. The molecule has 1 saturated heterocycles. The van der Waals surface area contributed by atoms with Crippen LogP contribution in [0.15, 0.2) is 23.2 Å². The molecular formula is C14H16F2N2. The van der Waals surface area contributed by atoms with Crippen LogP contribution in [-0.4, -0.2) is 31.8 Å². The van der Waals surface area contributed by atoms with Crippen LogP contribution in [0.3, 0.4) is 0 Å². The fourth-order valence-corrected chi connectivity index (χ4v) is 2.57. The van der Waals surface area contributed by atoms with Crippen molar-refractivity contribution in [1.82, 2.24) is 0 Å². The standard InChI is InChI=1S/C14H16F2N2/c15-14(16)4-7-18(8-5-14)13-2-1-12-10-17-6-3-11(12)9-13/h1-2,9-10H,3-8H2. The van der Waals surface area contributed by atoms with E-state index >= 15 is 0 Å². The molecule has 0 unspecified atom stereocenters. The predicted molar refractivity (Wildman–Crippen MR) is 69.0 cm³/mol. The van der Waals surface area contributed by atoms with E-state index in [1.165, 1.54) is 5.56 Å². The highest BCUT2D eigenvalue weighted by Gasteiger charge is 2.34. The van der Waals surface area contributed by atoms with Gasteiger partial charge >= 0.3 is 0 Å². The van der Waals surface area contributed by atoms with Crippen LogP contribution < -0.4 is 4.90 Å². The molecule has 2 heterocycles. The monoisotopic (exact) mass is 250 g/mol. The molecular weight excluding hydrogens is 234 g/mol. The highest BCUT2D eigenvalue weighted by molar-refractivity contribution is 5.83. The Kier molecular flexibility index (Phi) is 2.80. The number of aliphatic imine (C=N–C) groups is 1. The van der Waals surface area contributed by atoms with Crippen molar-refractivity contribution in [3.05, 3.63) is 29.3 Å². The van der Waals surface area contributed by atoms with Gasteiger partial charge in [0.1, 0.15) is 0 Å². The molecule has 2 aliphatic rings. The molecule has 0 aromatic heterocycles. The summed E-state index contributed by atoms with van der Waals surface area (Å²) in [6, 6.07) is 6.18. The second-order valence-electron chi connectivity index (χ2n) is 5.01. The summed E-state index contributed by atoms with van der Waals surface area (Å²) in [5, 5.41) is 0. The Morgan fingerprint density at radius 3 is 2.72 bits per heavy atom. The minimum Gasteiger partial charge on any atom is -0.371 e.